The Morgan fingerprint density at radius 2 is 2.05 bits per heavy atom. The van der Waals surface area contributed by atoms with E-state index in [4.69, 9.17) is 4.74 Å². The van der Waals surface area contributed by atoms with Crippen LogP contribution >= 0.6 is 11.3 Å². The van der Waals surface area contributed by atoms with E-state index in [0.717, 1.165) is 12.1 Å². The van der Waals surface area contributed by atoms with Gasteiger partial charge in [0.25, 0.3) is 10.0 Å². The van der Waals surface area contributed by atoms with Crippen LogP contribution in [0, 0.1) is 0 Å². The van der Waals surface area contributed by atoms with Gasteiger partial charge in [-0.25, -0.2) is 8.42 Å². The first-order valence-corrected chi connectivity index (χ1v) is 9.19. The van der Waals surface area contributed by atoms with Gasteiger partial charge >= 0.3 is 0 Å². The van der Waals surface area contributed by atoms with Gasteiger partial charge in [-0.15, -0.1) is 11.3 Å². The molecule has 0 spiro atoms. The second-order valence-corrected chi connectivity index (χ2v) is 8.21. The first-order chi connectivity index (χ1) is 9.43. The Labute approximate surface area is 125 Å². The normalized spacial score (nSPS) is 24.9. The van der Waals surface area contributed by atoms with Crippen molar-refractivity contribution in [2.75, 3.05) is 19.6 Å². The lowest BCUT2D eigenvalue weighted by molar-refractivity contribution is -0.0440. The predicted molar refractivity (Wildman–Crippen MR) is 80.5 cm³/mol. The van der Waals surface area contributed by atoms with Crippen LogP contribution in [-0.2, 0) is 21.3 Å². The number of thiophene rings is 1. The van der Waals surface area contributed by atoms with Gasteiger partial charge in [0.05, 0.1) is 12.2 Å². The van der Waals surface area contributed by atoms with E-state index in [9.17, 15) is 8.42 Å². The van der Waals surface area contributed by atoms with Crippen LogP contribution < -0.4 is 5.32 Å². The summed E-state index contributed by atoms with van der Waals surface area (Å²) < 4.78 is 32.8. The molecule has 0 saturated carbocycles. The highest BCUT2D eigenvalue weighted by molar-refractivity contribution is 7.91. The van der Waals surface area contributed by atoms with E-state index < -0.39 is 10.0 Å². The van der Waals surface area contributed by atoms with E-state index in [1.54, 1.807) is 6.07 Å². The minimum Gasteiger partial charge on any atom is -0.373 e. The molecule has 2 atom stereocenters. The van der Waals surface area contributed by atoms with Gasteiger partial charge in [0.1, 0.15) is 4.21 Å². The number of hydrogen-bond donors (Lipinski definition) is 1. The van der Waals surface area contributed by atoms with Gasteiger partial charge in [-0.3, -0.25) is 0 Å². The molecule has 1 aromatic rings. The van der Waals surface area contributed by atoms with Crippen LogP contribution in [0.4, 0.5) is 0 Å². The average molecular weight is 318 g/mol. The summed E-state index contributed by atoms with van der Waals surface area (Å²) in [7, 11) is -3.39. The van der Waals surface area contributed by atoms with E-state index in [0.29, 0.717) is 23.8 Å². The van der Waals surface area contributed by atoms with Crippen LogP contribution in [0.25, 0.3) is 0 Å². The molecule has 114 valence electrons. The van der Waals surface area contributed by atoms with Gasteiger partial charge in [-0.1, -0.05) is 6.92 Å². The zero-order chi connectivity index (χ0) is 14.8. The SMILES string of the molecule is CCNCc1csc(S(=O)(=O)N2CC(C)OC(C)C2)c1. The summed E-state index contributed by atoms with van der Waals surface area (Å²) in [5.41, 5.74) is 1.02. The lowest BCUT2D eigenvalue weighted by Gasteiger charge is -2.34. The highest BCUT2D eigenvalue weighted by Gasteiger charge is 2.33. The highest BCUT2D eigenvalue weighted by Crippen LogP contribution is 2.26. The van der Waals surface area contributed by atoms with E-state index in [1.807, 2.05) is 26.2 Å². The number of ether oxygens (including phenoxy) is 1. The number of sulfonamides is 1. The molecule has 2 rings (SSSR count). The van der Waals surface area contributed by atoms with Crippen molar-refractivity contribution in [2.24, 2.45) is 0 Å². The van der Waals surface area contributed by atoms with E-state index in [2.05, 4.69) is 5.32 Å². The second kappa shape index (κ2) is 6.53. The van der Waals surface area contributed by atoms with Crippen molar-refractivity contribution < 1.29 is 13.2 Å². The molecular formula is C13H22N2O3S2. The molecule has 7 heteroatoms. The number of nitrogens with zero attached hydrogens (tertiary/aromatic N) is 1. The Morgan fingerprint density at radius 3 is 2.65 bits per heavy atom. The molecule has 1 saturated heterocycles. The summed E-state index contributed by atoms with van der Waals surface area (Å²) in [4.78, 5) is 0. The summed E-state index contributed by atoms with van der Waals surface area (Å²) >= 11 is 1.29. The molecule has 0 bridgehead atoms. The van der Waals surface area contributed by atoms with Crippen LogP contribution in [0.2, 0.25) is 0 Å². The van der Waals surface area contributed by atoms with Crippen molar-refractivity contribution in [3.63, 3.8) is 0 Å². The number of nitrogens with one attached hydrogen (secondary N) is 1. The minimum atomic E-state index is -3.39. The summed E-state index contributed by atoms with van der Waals surface area (Å²) in [5.74, 6) is 0. The van der Waals surface area contributed by atoms with Crippen LogP contribution in [0.1, 0.15) is 26.3 Å². The van der Waals surface area contributed by atoms with Gasteiger partial charge in [0, 0.05) is 19.6 Å². The molecule has 5 nitrogen and oxygen atoms in total. The third-order valence-electron chi connectivity index (χ3n) is 3.19. The Kier molecular flexibility index (Phi) is 5.19. The summed E-state index contributed by atoms with van der Waals surface area (Å²) in [6.45, 7) is 8.27. The summed E-state index contributed by atoms with van der Waals surface area (Å²) in [6, 6.07) is 1.77. The van der Waals surface area contributed by atoms with Gasteiger partial charge in [0.2, 0.25) is 0 Å². The first-order valence-electron chi connectivity index (χ1n) is 6.87. The quantitative estimate of drug-likeness (QED) is 0.897. The van der Waals surface area contributed by atoms with Gasteiger partial charge in [-0.05, 0) is 37.4 Å². The molecular weight excluding hydrogens is 296 g/mol. The Morgan fingerprint density at radius 1 is 1.40 bits per heavy atom. The average Bonchev–Trinajstić information content (AvgIpc) is 2.84. The van der Waals surface area contributed by atoms with Gasteiger partial charge in [0.15, 0.2) is 0 Å². The standard InChI is InChI=1S/C13H22N2O3S2/c1-4-14-6-12-5-13(19-9-12)20(16,17)15-7-10(2)18-11(3)8-15/h5,9-11,14H,4,6-8H2,1-3H3. The molecule has 20 heavy (non-hydrogen) atoms. The maximum atomic E-state index is 12.6. The smallest absolute Gasteiger partial charge is 0.252 e. The summed E-state index contributed by atoms with van der Waals surface area (Å²) in [6.07, 6.45) is -0.121. The summed E-state index contributed by atoms with van der Waals surface area (Å²) in [5, 5.41) is 5.11. The molecule has 1 fully saturated rings. The molecule has 0 amide bonds. The van der Waals surface area contributed by atoms with Gasteiger partial charge < -0.3 is 10.1 Å². The fourth-order valence-corrected chi connectivity index (χ4v) is 5.26. The highest BCUT2D eigenvalue weighted by atomic mass is 32.2. The molecule has 1 aliphatic rings. The number of rotatable bonds is 5. The zero-order valence-corrected chi connectivity index (χ0v) is 13.8. The molecule has 1 aromatic heterocycles. The lowest BCUT2D eigenvalue weighted by atomic mass is 10.3. The Hall–Kier alpha value is -0.470. The Bertz CT molecular complexity index is 532. The molecule has 0 aliphatic carbocycles. The minimum absolute atomic E-state index is 0.0604. The molecule has 0 aromatic carbocycles. The Balaban J connectivity index is 2.15. The van der Waals surface area contributed by atoms with E-state index >= 15 is 0 Å². The van der Waals surface area contributed by atoms with Crippen molar-refractivity contribution in [1.82, 2.24) is 9.62 Å². The van der Waals surface area contributed by atoms with Crippen LogP contribution in [-0.4, -0.2) is 44.6 Å². The van der Waals surface area contributed by atoms with Crippen molar-refractivity contribution >= 4 is 21.4 Å². The fraction of sp³-hybridized carbons (Fsp3) is 0.692. The number of hydrogen-bond acceptors (Lipinski definition) is 5. The third kappa shape index (κ3) is 3.59. The topological polar surface area (TPSA) is 58.6 Å². The lowest BCUT2D eigenvalue weighted by Crippen LogP contribution is -2.47. The molecule has 0 radical (unpaired) electrons. The molecule has 2 unspecified atom stereocenters. The monoisotopic (exact) mass is 318 g/mol. The molecule has 2 heterocycles. The fourth-order valence-electron chi connectivity index (χ4n) is 2.30. The van der Waals surface area contributed by atoms with Crippen molar-refractivity contribution in [3.05, 3.63) is 17.0 Å². The maximum Gasteiger partial charge on any atom is 0.252 e. The largest absolute Gasteiger partial charge is 0.373 e. The first kappa shape index (κ1) is 15.9. The van der Waals surface area contributed by atoms with Crippen LogP contribution in [0.5, 0.6) is 0 Å². The molecule has 1 aliphatic heterocycles. The predicted octanol–water partition coefficient (Wildman–Crippen LogP) is 1.66. The van der Waals surface area contributed by atoms with Crippen LogP contribution in [0.3, 0.4) is 0 Å². The van der Waals surface area contributed by atoms with Crippen LogP contribution in [0.15, 0.2) is 15.7 Å². The van der Waals surface area contributed by atoms with Crippen molar-refractivity contribution in [1.29, 1.82) is 0 Å². The second-order valence-electron chi connectivity index (χ2n) is 5.13. The molecule has 1 N–H and O–H groups in total. The number of morpholine rings is 1. The third-order valence-corrected chi connectivity index (χ3v) is 6.48. The van der Waals surface area contributed by atoms with E-state index in [-0.39, 0.29) is 12.2 Å². The maximum absolute atomic E-state index is 12.6. The van der Waals surface area contributed by atoms with Gasteiger partial charge in [-0.2, -0.15) is 4.31 Å². The van der Waals surface area contributed by atoms with E-state index in [1.165, 1.54) is 15.6 Å². The zero-order valence-electron chi connectivity index (χ0n) is 12.1. The van der Waals surface area contributed by atoms with Crippen molar-refractivity contribution in [3.8, 4) is 0 Å². The van der Waals surface area contributed by atoms with Crippen molar-refractivity contribution in [2.45, 2.75) is 43.7 Å².